The van der Waals surface area contributed by atoms with Crippen molar-refractivity contribution < 1.29 is 13.2 Å². The lowest BCUT2D eigenvalue weighted by molar-refractivity contribution is 0.576. The van der Waals surface area contributed by atoms with Crippen LogP contribution in [0.15, 0.2) is 66.7 Å². The number of benzene rings is 4. The van der Waals surface area contributed by atoms with Crippen molar-refractivity contribution in [3.8, 4) is 29.8 Å². The van der Waals surface area contributed by atoms with Crippen molar-refractivity contribution in [2.45, 2.75) is 13.3 Å². The second-order valence-electron chi connectivity index (χ2n) is 7.34. The van der Waals surface area contributed by atoms with Crippen molar-refractivity contribution in [3.05, 3.63) is 118 Å². The summed E-state index contributed by atoms with van der Waals surface area (Å²) in [6, 6.07) is 19.8. The average molecular weight is 435 g/mol. The number of nitrogens with zero attached hydrogens (tertiary/aromatic N) is 1. The Morgan fingerprint density at radius 3 is 2.00 bits per heavy atom. The van der Waals surface area contributed by atoms with Crippen LogP contribution in [0.1, 0.15) is 40.3 Å². The lowest BCUT2D eigenvalue weighted by atomic mass is 10.0. The van der Waals surface area contributed by atoms with E-state index < -0.39 is 23.0 Å². The largest absolute Gasteiger partial charge is 0.205 e. The summed E-state index contributed by atoms with van der Waals surface area (Å²) < 4.78 is 42.5. The summed E-state index contributed by atoms with van der Waals surface area (Å²) in [6.45, 7) is 2.10. The lowest BCUT2D eigenvalue weighted by Gasteiger charge is -2.03. The molecule has 0 aliphatic carbocycles. The molecule has 0 saturated heterocycles. The molecule has 0 aromatic heterocycles. The summed E-state index contributed by atoms with van der Waals surface area (Å²) in [5.41, 5.74) is 2.34. The Morgan fingerprint density at radius 2 is 1.33 bits per heavy atom. The number of aryl methyl sites for hydroxylation is 1. The van der Waals surface area contributed by atoms with Crippen molar-refractivity contribution >= 4 is 10.8 Å². The second-order valence-corrected chi connectivity index (χ2v) is 7.34. The van der Waals surface area contributed by atoms with Crippen LogP contribution in [-0.4, -0.2) is 0 Å². The van der Waals surface area contributed by atoms with Gasteiger partial charge in [-0.05, 0) is 59.8 Å². The summed E-state index contributed by atoms with van der Waals surface area (Å²) in [5.74, 6) is 8.85. The minimum atomic E-state index is -1.00. The molecule has 0 atom stereocenters. The predicted octanol–water partition coefficient (Wildman–Crippen LogP) is 6.49. The molecule has 0 radical (unpaired) electrons. The van der Waals surface area contributed by atoms with Crippen molar-refractivity contribution in [1.82, 2.24) is 0 Å². The maximum atomic E-state index is 15.0. The van der Waals surface area contributed by atoms with Gasteiger partial charge in [-0.1, -0.05) is 54.9 Å². The van der Waals surface area contributed by atoms with E-state index in [0.717, 1.165) is 29.7 Å². The summed E-state index contributed by atoms with van der Waals surface area (Å²) in [7, 11) is 0. The minimum absolute atomic E-state index is 0.0149. The third-order valence-electron chi connectivity index (χ3n) is 5.16. The highest BCUT2D eigenvalue weighted by atomic mass is 19.1. The number of rotatable bonds is 1. The van der Waals surface area contributed by atoms with Gasteiger partial charge in [0.25, 0.3) is 0 Å². The van der Waals surface area contributed by atoms with Gasteiger partial charge >= 0.3 is 0 Å². The van der Waals surface area contributed by atoms with Crippen molar-refractivity contribution in [2.24, 2.45) is 0 Å². The van der Waals surface area contributed by atoms with Crippen LogP contribution >= 0.6 is 0 Å². The summed E-state index contributed by atoms with van der Waals surface area (Å²) in [5, 5.41) is 9.78. The maximum absolute atomic E-state index is 15.0. The van der Waals surface area contributed by atoms with E-state index in [1.54, 1.807) is 24.3 Å². The standard InChI is InChI=1S/C29H16F3N/c1-2-19-3-5-20(6-4-19)7-8-21-10-14-25-24(15-21)13-12-23(29(25)32)11-9-22-16-27(30)26(18-33)28(31)17-22/h3-6,10,12-17H,2H2,1H3. The van der Waals surface area contributed by atoms with Crippen molar-refractivity contribution in [3.63, 3.8) is 0 Å². The summed E-state index contributed by atoms with van der Waals surface area (Å²) in [6.07, 6.45) is 0.970. The van der Waals surface area contributed by atoms with Gasteiger partial charge in [0, 0.05) is 22.1 Å². The first-order chi connectivity index (χ1) is 16.0. The van der Waals surface area contributed by atoms with Gasteiger partial charge in [-0.2, -0.15) is 5.26 Å². The topological polar surface area (TPSA) is 23.8 Å². The predicted molar refractivity (Wildman–Crippen MR) is 123 cm³/mol. The molecule has 0 bridgehead atoms. The molecule has 0 spiro atoms. The molecule has 0 aliphatic heterocycles. The molecule has 33 heavy (non-hydrogen) atoms. The lowest BCUT2D eigenvalue weighted by Crippen LogP contribution is -1.92. The molecule has 1 nitrogen and oxygen atoms in total. The summed E-state index contributed by atoms with van der Waals surface area (Å²) >= 11 is 0. The van der Waals surface area contributed by atoms with Crippen LogP contribution in [0.4, 0.5) is 13.2 Å². The Morgan fingerprint density at radius 1 is 0.697 bits per heavy atom. The number of fused-ring (bicyclic) bond motifs is 1. The summed E-state index contributed by atoms with van der Waals surface area (Å²) in [4.78, 5) is 0. The molecule has 0 fully saturated rings. The van der Waals surface area contributed by atoms with Crippen LogP contribution in [0.25, 0.3) is 10.8 Å². The first-order valence-electron chi connectivity index (χ1n) is 10.2. The van der Waals surface area contributed by atoms with Gasteiger partial charge in [0.2, 0.25) is 0 Å². The molecule has 0 saturated carbocycles. The van der Waals surface area contributed by atoms with Crippen LogP contribution in [0, 0.1) is 52.5 Å². The highest BCUT2D eigenvalue weighted by Crippen LogP contribution is 2.22. The van der Waals surface area contributed by atoms with E-state index in [1.807, 2.05) is 24.3 Å². The van der Waals surface area contributed by atoms with E-state index in [1.165, 1.54) is 17.7 Å². The highest BCUT2D eigenvalue weighted by molar-refractivity contribution is 5.86. The zero-order valence-electron chi connectivity index (χ0n) is 17.6. The van der Waals surface area contributed by atoms with Gasteiger partial charge in [0.1, 0.15) is 29.1 Å². The Balaban J connectivity index is 1.63. The Kier molecular flexibility index (Phi) is 6.17. The number of hydrogen-bond acceptors (Lipinski definition) is 1. The highest BCUT2D eigenvalue weighted by Gasteiger charge is 2.10. The molecule has 4 aromatic carbocycles. The normalized spacial score (nSPS) is 10.0. The quantitative estimate of drug-likeness (QED) is 0.314. The van der Waals surface area contributed by atoms with Gasteiger partial charge in [0.05, 0.1) is 5.56 Å². The van der Waals surface area contributed by atoms with E-state index >= 15 is 0 Å². The molecule has 0 heterocycles. The first-order valence-corrected chi connectivity index (χ1v) is 10.2. The van der Waals surface area contributed by atoms with Crippen LogP contribution in [0.3, 0.4) is 0 Å². The Bertz CT molecular complexity index is 1510. The Labute approximate surface area is 190 Å². The van der Waals surface area contributed by atoms with Gasteiger partial charge in [-0.25, -0.2) is 13.2 Å². The molecule has 0 N–H and O–H groups in total. The fourth-order valence-corrected chi connectivity index (χ4v) is 3.33. The first kappa shape index (κ1) is 21.8. The molecule has 4 aromatic rings. The third kappa shape index (κ3) is 4.74. The van der Waals surface area contributed by atoms with E-state index in [2.05, 4.69) is 30.6 Å². The minimum Gasteiger partial charge on any atom is -0.205 e. The fourth-order valence-electron chi connectivity index (χ4n) is 3.33. The fraction of sp³-hybridized carbons (Fsp3) is 0.0690. The van der Waals surface area contributed by atoms with Gasteiger partial charge in [0.15, 0.2) is 0 Å². The number of hydrogen-bond donors (Lipinski definition) is 0. The number of nitriles is 1. The second kappa shape index (κ2) is 9.35. The molecule has 158 valence electrons. The van der Waals surface area contributed by atoms with E-state index in [9.17, 15) is 13.2 Å². The third-order valence-corrected chi connectivity index (χ3v) is 5.16. The molecule has 0 aliphatic rings. The Hall–Kier alpha value is -4.46. The van der Waals surface area contributed by atoms with Crippen molar-refractivity contribution in [2.75, 3.05) is 0 Å². The monoisotopic (exact) mass is 435 g/mol. The maximum Gasteiger partial charge on any atom is 0.146 e. The van der Waals surface area contributed by atoms with E-state index in [0.29, 0.717) is 10.8 Å². The zero-order chi connectivity index (χ0) is 23.4. The van der Waals surface area contributed by atoms with Crippen LogP contribution in [0.5, 0.6) is 0 Å². The molecular formula is C29H16F3N. The SMILES string of the molecule is CCc1ccc(C#Cc2ccc3c(F)c(C#Cc4cc(F)c(C#N)c(F)c4)ccc3c2)cc1. The molecule has 4 heteroatoms. The van der Waals surface area contributed by atoms with Crippen LogP contribution < -0.4 is 0 Å². The van der Waals surface area contributed by atoms with Crippen LogP contribution in [0.2, 0.25) is 0 Å². The van der Waals surface area contributed by atoms with Gasteiger partial charge in [-0.3, -0.25) is 0 Å². The van der Waals surface area contributed by atoms with Crippen molar-refractivity contribution in [1.29, 1.82) is 5.26 Å². The van der Waals surface area contributed by atoms with Crippen LogP contribution in [-0.2, 0) is 6.42 Å². The molecule has 4 rings (SSSR count). The zero-order valence-corrected chi connectivity index (χ0v) is 17.6. The molecule has 0 amide bonds. The van der Waals surface area contributed by atoms with Gasteiger partial charge in [-0.15, -0.1) is 0 Å². The van der Waals surface area contributed by atoms with Gasteiger partial charge < -0.3 is 0 Å². The smallest absolute Gasteiger partial charge is 0.146 e. The number of halogens is 3. The molecular weight excluding hydrogens is 419 g/mol. The van der Waals surface area contributed by atoms with E-state index in [-0.39, 0.29) is 11.1 Å². The van der Waals surface area contributed by atoms with E-state index in [4.69, 9.17) is 5.26 Å². The molecule has 0 unspecified atom stereocenters. The average Bonchev–Trinajstić information content (AvgIpc) is 2.82.